The van der Waals surface area contributed by atoms with E-state index < -0.39 is 0 Å². The van der Waals surface area contributed by atoms with Crippen LogP contribution in [0.25, 0.3) is 16.7 Å². The summed E-state index contributed by atoms with van der Waals surface area (Å²) in [5.74, 6) is 0.878. The Hall–Kier alpha value is -3.28. The third-order valence-corrected chi connectivity index (χ3v) is 4.14. The lowest BCUT2D eigenvalue weighted by atomic mass is 10.2. The van der Waals surface area contributed by atoms with Gasteiger partial charge in [-0.15, -0.1) is 0 Å². The summed E-state index contributed by atoms with van der Waals surface area (Å²) in [7, 11) is 2.03. The van der Waals surface area contributed by atoms with Gasteiger partial charge in [0.05, 0.1) is 17.3 Å². The molecule has 0 radical (unpaired) electrons. The Kier molecular flexibility index (Phi) is 4.08. The molecule has 6 nitrogen and oxygen atoms in total. The zero-order valence-corrected chi connectivity index (χ0v) is 13.9. The average molecular weight is 330 g/mol. The molecule has 0 atom stereocenters. The van der Waals surface area contributed by atoms with E-state index in [9.17, 15) is 0 Å². The lowest BCUT2D eigenvalue weighted by molar-refractivity contribution is 0.840. The Labute approximate surface area is 145 Å². The molecule has 0 saturated heterocycles. The fourth-order valence-electron chi connectivity index (χ4n) is 2.83. The van der Waals surface area contributed by atoms with Gasteiger partial charge in [0.25, 0.3) is 0 Å². The quantitative estimate of drug-likeness (QED) is 0.563. The van der Waals surface area contributed by atoms with Gasteiger partial charge >= 0.3 is 0 Å². The lowest BCUT2D eigenvalue weighted by Crippen LogP contribution is -2.22. The molecule has 25 heavy (non-hydrogen) atoms. The predicted molar refractivity (Wildman–Crippen MR) is 97.9 cm³/mol. The van der Waals surface area contributed by atoms with E-state index in [1.54, 1.807) is 6.33 Å². The van der Waals surface area contributed by atoms with Crippen LogP contribution < -0.4 is 4.90 Å². The second-order valence-electron chi connectivity index (χ2n) is 5.82. The molecular weight excluding hydrogens is 312 g/mol. The number of likely N-dealkylation sites (N-methyl/N-ethyl adjacent to an activating group) is 1. The predicted octanol–water partition coefficient (Wildman–Crippen LogP) is 2.89. The van der Waals surface area contributed by atoms with Crippen LogP contribution in [0.5, 0.6) is 0 Å². The van der Waals surface area contributed by atoms with Crippen molar-refractivity contribution in [2.24, 2.45) is 0 Å². The molecule has 0 spiro atoms. The number of para-hydroxylation sites is 1. The third kappa shape index (κ3) is 3.06. The van der Waals surface area contributed by atoms with Crippen LogP contribution in [0.3, 0.4) is 0 Å². The molecule has 0 N–H and O–H groups in total. The van der Waals surface area contributed by atoms with Crippen molar-refractivity contribution in [2.45, 2.75) is 6.42 Å². The fourth-order valence-corrected chi connectivity index (χ4v) is 2.83. The Morgan fingerprint density at radius 3 is 2.60 bits per heavy atom. The monoisotopic (exact) mass is 330 g/mol. The molecule has 4 aromatic rings. The number of anilines is 1. The molecule has 1 aromatic carbocycles. The topological polar surface area (TPSA) is 59.7 Å². The van der Waals surface area contributed by atoms with Crippen LogP contribution in [0, 0.1) is 0 Å². The minimum Gasteiger partial charge on any atom is -0.359 e. The smallest absolute Gasteiger partial charge is 0.168 e. The van der Waals surface area contributed by atoms with Gasteiger partial charge in [-0.2, -0.15) is 5.10 Å². The summed E-state index contributed by atoms with van der Waals surface area (Å²) in [5, 5.41) is 5.44. The minimum absolute atomic E-state index is 0.806. The summed E-state index contributed by atoms with van der Waals surface area (Å²) in [6.45, 7) is 0.819. The first-order chi connectivity index (χ1) is 12.3. The maximum Gasteiger partial charge on any atom is 0.168 e. The summed E-state index contributed by atoms with van der Waals surface area (Å²) in [4.78, 5) is 15.4. The molecule has 0 unspecified atom stereocenters. The Morgan fingerprint density at radius 1 is 0.960 bits per heavy atom. The molecule has 0 fully saturated rings. The van der Waals surface area contributed by atoms with E-state index in [1.807, 2.05) is 72.7 Å². The summed E-state index contributed by atoms with van der Waals surface area (Å²) in [6, 6.07) is 16.0. The van der Waals surface area contributed by atoms with Crippen molar-refractivity contribution in [3.05, 3.63) is 72.9 Å². The standard InChI is InChI=1S/C19H18N6/c1-24(12-10-15-7-5-6-11-20-15)18-17-13-23-25(19(17)22-14-21-18)16-8-3-2-4-9-16/h2-9,11,13-14H,10,12H2,1H3. The molecule has 3 heterocycles. The van der Waals surface area contributed by atoms with Gasteiger partial charge in [0.15, 0.2) is 5.65 Å². The van der Waals surface area contributed by atoms with Gasteiger partial charge in [0, 0.05) is 31.9 Å². The van der Waals surface area contributed by atoms with Crippen molar-refractivity contribution in [3.63, 3.8) is 0 Å². The number of aromatic nitrogens is 5. The molecule has 0 aliphatic heterocycles. The van der Waals surface area contributed by atoms with Crippen LogP contribution >= 0.6 is 0 Å². The minimum atomic E-state index is 0.806. The first-order valence-corrected chi connectivity index (χ1v) is 8.18. The first kappa shape index (κ1) is 15.3. The van der Waals surface area contributed by atoms with Gasteiger partial charge in [-0.3, -0.25) is 4.98 Å². The van der Waals surface area contributed by atoms with Crippen LogP contribution in [0.4, 0.5) is 5.82 Å². The van der Waals surface area contributed by atoms with E-state index in [2.05, 4.69) is 25.0 Å². The summed E-state index contributed by atoms with van der Waals surface area (Å²) in [5.41, 5.74) is 2.86. The normalized spacial score (nSPS) is 10.9. The van der Waals surface area contributed by atoms with E-state index in [0.29, 0.717) is 0 Å². The highest BCUT2D eigenvalue weighted by atomic mass is 15.3. The Balaban J connectivity index is 1.63. The molecule has 3 aromatic heterocycles. The van der Waals surface area contributed by atoms with Crippen LogP contribution in [0.15, 0.2) is 67.3 Å². The number of benzene rings is 1. The van der Waals surface area contributed by atoms with Gasteiger partial charge in [0.2, 0.25) is 0 Å². The van der Waals surface area contributed by atoms with Gasteiger partial charge in [-0.25, -0.2) is 14.6 Å². The molecular formula is C19H18N6. The van der Waals surface area contributed by atoms with Crippen molar-refractivity contribution >= 4 is 16.9 Å². The first-order valence-electron chi connectivity index (χ1n) is 8.18. The maximum absolute atomic E-state index is 4.50. The molecule has 0 aliphatic rings. The van der Waals surface area contributed by atoms with Crippen molar-refractivity contribution in [1.29, 1.82) is 0 Å². The lowest BCUT2D eigenvalue weighted by Gasteiger charge is -2.18. The van der Waals surface area contributed by atoms with E-state index in [0.717, 1.165) is 41.2 Å². The highest BCUT2D eigenvalue weighted by Gasteiger charge is 2.14. The van der Waals surface area contributed by atoms with Crippen LogP contribution in [0.2, 0.25) is 0 Å². The molecule has 6 heteroatoms. The number of fused-ring (bicyclic) bond motifs is 1. The third-order valence-electron chi connectivity index (χ3n) is 4.14. The van der Waals surface area contributed by atoms with Crippen molar-refractivity contribution in [1.82, 2.24) is 24.7 Å². The summed E-state index contributed by atoms with van der Waals surface area (Å²) in [6.07, 6.45) is 6.10. The van der Waals surface area contributed by atoms with E-state index in [1.165, 1.54) is 0 Å². The molecule has 0 saturated carbocycles. The number of hydrogen-bond donors (Lipinski definition) is 0. The molecule has 0 bridgehead atoms. The second-order valence-corrected chi connectivity index (χ2v) is 5.82. The highest BCUT2D eigenvalue weighted by molar-refractivity contribution is 5.87. The molecule has 4 rings (SSSR count). The molecule has 0 amide bonds. The summed E-state index contributed by atoms with van der Waals surface area (Å²) >= 11 is 0. The molecule has 0 aliphatic carbocycles. The van der Waals surface area contributed by atoms with Gasteiger partial charge in [0.1, 0.15) is 12.1 Å². The second kappa shape index (κ2) is 6.68. The highest BCUT2D eigenvalue weighted by Crippen LogP contribution is 2.23. The fraction of sp³-hybridized carbons (Fsp3) is 0.158. The number of hydrogen-bond acceptors (Lipinski definition) is 5. The van der Waals surface area contributed by atoms with Crippen molar-refractivity contribution < 1.29 is 0 Å². The van der Waals surface area contributed by atoms with E-state index in [4.69, 9.17) is 0 Å². The van der Waals surface area contributed by atoms with E-state index in [-0.39, 0.29) is 0 Å². The zero-order chi connectivity index (χ0) is 17.1. The van der Waals surface area contributed by atoms with Crippen LogP contribution in [0.1, 0.15) is 5.69 Å². The molecule has 124 valence electrons. The Morgan fingerprint density at radius 2 is 1.80 bits per heavy atom. The van der Waals surface area contributed by atoms with Gasteiger partial charge < -0.3 is 4.90 Å². The average Bonchev–Trinajstić information content (AvgIpc) is 3.12. The SMILES string of the molecule is CN(CCc1ccccn1)c1ncnc2c1cnn2-c1ccccc1. The van der Waals surface area contributed by atoms with Crippen LogP contribution in [-0.4, -0.2) is 38.3 Å². The van der Waals surface area contributed by atoms with Gasteiger partial charge in [-0.1, -0.05) is 24.3 Å². The number of pyridine rings is 1. The number of nitrogens with zero attached hydrogens (tertiary/aromatic N) is 6. The van der Waals surface area contributed by atoms with Gasteiger partial charge in [-0.05, 0) is 24.3 Å². The van der Waals surface area contributed by atoms with E-state index >= 15 is 0 Å². The number of rotatable bonds is 5. The maximum atomic E-state index is 4.50. The summed E-state index contributed by atoms with van der Waals surface area (Å²) < 4.78 is 1.84. The van der Waals surface area contributed by atoms with Crippen molar-refractivity contribution in [2.75, 3.05) is 18.5 Å². The Bertz CT molecular complexity index is 965. The largest absolute Gasteiger partial charge is 0.359 e. The zero-order valence-electron chi connectivity index (χ0n) is 13.9. The van der Waals surface area contributed by atoms with Crippen LogP contribution in [-0.2, 0) is 6.42 Å². The van der Waals surface area contributed by atoms with Crippen molar-refractivity contribution in [3.8, 4) is 5.69 Å².